The number of nitrogens with one attached hydrogen (secondary N) is 1. The third kappa shape index (κ3) is 4.78. The van der Waals surface area contributed by atoms with Gasteiger partial charge in [0.05, 0.1) is 25.5 Å². The minimum Gasteiger partial charge on any atom is -0.497 e. The second-order valence-electron chi connectivity index (χ2n) is 6.49. The molecule has 0 fully saturated rings. The van der Waals surface area contributed by atoms with Crippen molar-refractivity contribution in [3.05, 3.63) is 60.3 Å². The topological polar surface area (TPSA) is 103 Å². The molecule has 30 heavy (non-hydrogen) atoms. The number of amides is 1. The van der Waals surface area contributed by atoms with Crippen molar-refractivity contribution in [3.63, 3.8) is 0 Å². The number of methoxy groups -OCH3 is 2. The Morgan fingerprint density at radius 3 is 2.53 bits per heavy atom. The lowest BCUT2D eigenvalue weighted by molar-refractivity contribution is -0.137. The van der Waals surface area contributed by atoms with E-state index in [4.69, 9.17) is 14.6 Å². The molecule has 1 amide bonds. The highest BCUT2D eigenvalue weighted by molar-refractivity contribution is 6.00. The summed E-state index contributed by atoms with van der Waals surface area (Å²) < 4.78 is 12.4. The molecule has 2 aromatic carbocycles. The molecule has 0 saturated heterocycles. The van der Waals surface area contributed by atoms with Crippen LogP contribution in [-0.2, 0) is 4.79 Å². The van der Waals surface area contributed by atoms with Gasteiger partial charge in [0.25, 0.3) is 5.91 Å². The molecule has 156 valence electrons. The summed E-state index contributed by atoms with van der Waals surface area (Å²) in [6.45, 7) is 0.246. The van der Waals surface area contributed by atoms with Crippen LogP contribution in [0.2, 0.25) is 0 Å². The summed E-state index contributed by atoms with van der Waals surface area (Å²) in [6.07, 6.45) is 1.97. The summed E-state index contributed by atoms with van der Waals surface area (Å²) in [5.74, 6) is -0.0905. The Labute approximate surface area is 174 Å². The SMILES string of the molecule is COc1ccc(OC)c(-c2nn(-c3ccccc3)cc2C(=O)NCCCC(=O)O)c1. The highest BCUT2D eigenvalue weighted by Gasteiger charge is 2.21. The van der Waals surface area contributed by atoms with Crippen molar-refractivity contribution >= 4 is 11.9 Å². The molecule has 0 saturated carbocycles. The minimum atomic E-state index is -0.900. The number of aliphatic carboxylic acids is 1. The third-order valence-electron chi connectivity index (χ3n) is 4.49. The maximum atomic E-state index is 12.9. The molecule has 8 nitrogen and oxygen atoms in total. The first-order valence-corrected chi connectivity index (χ1v) is 9.41. The van der Waals surface area contributed by atoms with Crippen molar-refractivity contribution in [1.29, 1.82) is 0 Å². The molecule has 8 heteroatoms. The van der Waals surface area contributed by atoms with E-state index in [2.05, 4.69) is 10.4 Å². The summed E-state index contributed by atoms with van der Waals surface area (Å²) in [5.41, 5.74) is 2.19. The van der Waals surface area contributed by atoms with Crippen LogP contribution < -0.4 is 14.8 Å². The molecular weight excluding hydrogens is 386 g/mol. The zero-order chi connectivity index (χ0) is 21.5. The molecule has 1 heterocycles. The highest BCUT2D eigenvalue weighted by atomic mass is 16.5. The van der Waals surface area contributed by atoms with Crippen molar-refractivity contribution in [1.82, 2.24) is 15.1 Å². The first-order valence-electron chi connectivity index (χ1n) is 9.41. The predicted molar refractivity (Wildman–Crippen MR) is 111 cm³/mol. The number of benzene rings is 2. The second kappa shape index (κ2) is 9.60. The van der Waals surface area contributed by atoms with E-state index >= 15 is 0 Å². The molecule has 0 aliphatic carbocycles. The van der Waals surface area contributed by atoms with Crippen LogP contribution in [0.5, 0.6) is 11.5 Å². The van der Waals surface area contributed by atoms with E-state index in [9.17, 15) is 9.59 Å². The smallest absolute Gasteiger partial charge is 0.303 e. The minimum absolute atomic E-state index is 0.0138. The van der Waals surface area contributed by atoms with Crippen molar-refractivity contribution < 1.29 is 24.2 Å². The summed E-state index contributed by atoms with van der Waals surface area (Å²) in [6, 6.07) is 14.7. The van der Waals surface area contributed by atoms with Crippen LogP contribution in [0.1, 0.15) is 23.2 Å². The van der Waals surface area contributed by atoms with Crippen molar-refractivity contribution in [2.45, 2.75) is 12.8 Å². The quantitative estimate of drug-likeness (QED) is 0.527. The fourth-order valence-electron chi connectivity index (χ4n) is 2.99. The number of carboxylic acids is 1. The fourth-order valence-corrected chi connectivity index (χ4v) is 2.99. The molecule has 0 aliphatic rings. The van der Waals surface area contributed by atoms with Gasteiger partial charge in [0.1, 0.15) is 17.2 Å². The standard InChI is InChI=1S/C22H23N3O5/c1-29-16-10-11-19(30-2)17(13-16)21-18(22(28)23-12-6-9-20(26)27)14-25(24-21)15-7-4-3-5-8-15/h3-5,7-8,10-11,13-14H,6,9,12H2,1-2H3,(H,23,28)(H,26,27). The maximum absolute atomic E-state index is 12.9. The van der Waals surface area contributed by atoms with Gasteiger partial charge in [-0.25, -0.2) is 4.68 Å². The number of para-hydroxylation sites is 1. The van der Waals surface area contributed by atoms with Crippen molar-refractivity contribution in [3.8, 4) is 28.4 Å². The Balaban J connectivity index is 2.02. The highest BCUT2D eigenvalue weighted by Crippen LogP contribution is 2.35. The molecule has 2 N–H and O–H groups in total. The van der Waals surface area contributed by atoms with Gasteiger partial charge in [-0.15, -0.1) is 0 Å². The van der Waals surface area contributed by atoms with E-state index in [0.717, 1.165) is 5.69 Å². The Morgan fingerprint density at radius 2 is 1.87 bits per heavy atom. The third-order valence-corrected chi connectivity index (χ3v) is 4.49. The number of ether oxygens (including phenoxy) is 2. The van der Waals surface area contributed by atoms with Crippen molar-refractivity contribution in [2.24, 2.45) is 0 Å². The molecule has 0 spiro atoms. The normalized spacial score (nSPS) is 10.5. The van der Waals surface area contributed by atoms with Crippen LogP contribution in [0.25, 0.3) is 16.9 Å². The molecule has 3 rings (SSSR count). The van der Waals surface area contributed by atoms with Gasteiger partial charge in [0.15, 0.2) is 0 Å². The van der Waals surface area contributed by atoms with Gasteiger partial charge in [-0.1, -0.05) is 18.2 Å². The van der Waals surface area contributed by atoms with E-state index in [0.29, 0.717) is 34.7 Å². The lowest BCUT2D eigenvalue weighted by Crippen LogP contribution is -2.25. The van der Waals surface area contributed by atoms with E-state index < -0.39 is 5.97 Å². The lowest BCUT2D eigenvalue weighted by atomic mass is 10.1. The van der Waals surface area contributed by atoms with Gasteiger partial charge < -0.3 is 19.9 Å². The van der Waals surface area contributed by atoms with E-state index in [1.165, 1.54) is 0 Å². The average Bonchev–Trinajstić information content (AvgIpc) is 3.22. The van der Waals surface area contributed by atoms with Gasteiger partial charge in [0, 0.05) is 24.7 Å². The summed E-state index contributed by atoms with van der Waals surface area (Å²) in [7, 11) is 3.11. The van der Waals surface area contributed by atoms with Gasteiger partial charge in [-0.05, 0) is 36.8 Å². The number of carboxylic acid groups (broad SMARTS) is 1. The van der Waals surface area contributed by atoms with Crippen LogP contribution in [0.3, 0.4) is 0 Å². The molecule has 1 aromatic heterocycles. The fraction of sp³-hybridized carbons (Fsp3) is 0.227. The van der Waals surface area contributed by atoms with Gasteiger partial charge in [-0.3, -0.25) is 9.59 Å². The van der Waals surface area contributed by atoms with Crippen molar-refractivity contribution in [2.75, 3.05) is 20.8 Å². The van der Waals surface area contributed by atoms with Crippen LogP contribution >= 0.6 is 0 Å². The largest absolute Gasteiger partial charge is 0.497 e. The Hall–Kier alpha value is -3.81. The zero-order valence-corrected chi connectivity index (χ0v) is 16.8. The Morgan fingerprint density at radius 1 is 1.10 bits per heavy atom. The van der Waals surface area contributed by atoms with Gasteiger partial charge in [-0.2, -0.15) is 5.10 Å². The average molecular weight is 409 g/mol. The van der Waals surface area contributed by atoms with Gasteiger partial charge >= 0.3 is 5.97 Å². The molecule has 0 radical (unpaired) electrons. The van der Waals surface area contributed by atoms with E-state index in [1.54, 1.807) is 43.3 Å². The van der Waals surface area contributed by atoms with Crippen LogP contribution in [0.4, 0.5) is 0 Å². The van der Waals surface area contributed by atoms with Crippen LogP contribution in [0, 0.1) is 0 Å². The number of hydrogen-bond donors (Lipinski definition) is 2. The molecule has 0 atom stereocenters. The number of aromatic nitrogens is 2. The van der Waals surface area contributed by atoms with E-state index in [1.807, 2.05) is 30.3 Å². The second-order valence-corrected chi connectivity index (χ2v) is 6.49. The number of hydrogen-bond acceptors (Lipinski definition) is 5. The first kappa shape index (κ1) is 20.9. The van der Waals surface area contributed by atoms with Crippen LogP contribution in [-0.4, -0.2) is 47.5 Å². The zero-order valence-electron chi connectivity index (χ0n) is 16.8. The molecule has 0 unspecified atom stereocenters. The maximum Gasteiger partial charge on any atom is 0.303 e. The Bertz CT molecular complexity index is 1030. The molecule has 0 aliphatic heterocycles. The summed E-state index contributed by atoms with van der Waals surface area (Å²) in [4.78, 5) is 23.6. The van der Waals surface area contributed by atoms with Gasteiger partial charge in [0.2, 0.25) is 0 Å². The monoisotopic (exact) mass is 409 g/mol. The van der Waals surface area contributed by atoms with E-state index in [-0.39, 0.29) is 18.9 Å². The number of nitrogens with zero attached hydrogens (tertiary/aromatic N) is 2. The number of rotatable bonds is 9. The molecule has 0 bridgehead atoms. The summed E-state index contributed by atoms with van der Waals surface area (Å²) in [5, 5.41) is 16.2. The molecule has 3 aromatic rings. The number of carbonyl (C=O) groups is 2. The summed E-state index contributed by atoms with van der Waals surface area (Å²) >= 11 is 0. The Kier molecular flexibility index (Phi) is 6.69. The predicted octanol–water partition coefficient (Wildman–Crippen LogP) is 3.15. The molecular formula is C22H23N3O5. The number of carbonyl (C=O) groups excluding carboxylic acids is 1. The first-order chi connectivity index (χ1) is 14.5. The van der Waals surface area contributed by atoms with Crippen LogP contribution in [0.15, 0.2) is 54.7 Å². The lowest BCUT2D eigenvalue weighted by Gasteiger charge is -2.10.